The lowest BCUT2D eigenvalue weighted by Crippen LogP contribution is -2.43. The van der Waals surface area contributed by atoms with Crippen LogP contribution in [0.2, 0.25) is 0 Å². The van der Waals surface area contributed by atoms with E-state index in [1.807, 2.05) is 18.2 Å². The highest BCUT2D eigenvalue weighted by atomic mass is 32.2. The van der Waals surface area contributed by atoms with Gasteiger partial charge in [-0.1, -0.05) is 13.0 Å². The predicted octanol–water partition coefficient (Wildman–Crippen LogP) is 2.41. The number of ether oxygens (including phenoxy) is 1. The minimum Gasteiger partial charge on any atom is -0.381 e. The molecule has 0 radical (unpaired) electrons. The molecule has 20 heavy (non-hydrogen) atoms. The van der Waals surface area contributed by atoms with Gasteiger partial charge in [0.05, 0.1) is 24.0 Å². The number of nitriles is 1. The first-order chi connectivity index (χ1) is 9.74. The van der Waals surface area contributed by atoms with Crippen LogP contribution in [0.4, 0.5) is 5.69 Å². The lowest BCUT2D eigenvalue weighted by molar-refractivity contribution is -0.0117. The summed E-state index contributed by atoms with van der Waals surface area (Å²) in [6.07, 6.45) is 0.183. The van der Waals surface area contributed by atoms with Gasteiger partial charge in [-0.05, 0) is 24.9 Å². The number of thioether (sulfide) groups is 1. The van der Waals surface area contributed by atoms with Crippen molar-refractivity contribution in [2.75, 3.05) is 44.4 Å². The average Bonchev–Trinajstić information content (AvgIpc) is 2.45. The van der Waals surface area contributed by atoms with Crippen molar-refractivity contribution in [1.82, 2.24) is 4.90 Å². The number of likely N-dealkylation sites (N-methyl/N-ethyl adjacent to an activating group) is 1. The Morgan fingerprint density at radius 1 is 1.55 bits per heavy atom. The Kier molecular flexibility index (Phi) is 5.72. The van der Waals surface area contributed by atoms with Gasteiger partial charge in [-0.25, -0.2) is 0 Å². The maximum atomic E-state index is 9.36. The van der Waals surface area contributed by atoms with E-state index in [9.17, 15) is 5.26 Å². The van der Waals surface area contributed by atoms with E-state index in [1.165, 1.54) is 0 Å². The zero-order chi connectivity index (χ0) is 14.4. The summed E-state index contributed by atoms with van der Waals surface area (Å²) in [6, 6.07) is 8.27. The summed E-state index contributed by atoms with van der Waals surface area (Å²) in [6.45, 7) is 5.53. The first kappa shape index (κ1) is 15.2. The van der Waals surface area contributed by atoms with Crippen molar-refractivity contribution in [1.29, 1.82) is 5.26 Å². The zero-order valence-corrected chi connectivity index (χ0v) is 12.9. The van der Waals surface area contributed by atoms with Crippen LogP contribution in [0.25, 0.3) is 0 Å². The number of rotatable bonds is 5. The van der Waals surface area contributed by atoms with Crippen molar-refractivity contribution in [3.05, 3.63) is 23.8 Å². The summed E-state index contributed by atoms with van der Waals surface area (Å²) in [5.41, 5.74) is 1.64. The summed E-state index contributed by atoms with van der Waals surface area (Å²) in [5, 5.41) is 12.7. The SMILES string of the molecule is CCSc1cccc(NCC2CN(C)CCO2)c1C#N. The third-order valence-electron chi connectivity index (χ3n) is 3.30. The summed E-state index contributed by atoms with van der Waals surface area (Å²) >= 11 is 1.70. The van der Waals surface area contributed by atoms with Gasteiger partial charge >= 0.3 is 0 Å². The summed E-state index contributed by atoms with van der Waals surface area (Å²) in [5.74, 6) is 0.967. The Bertz CT molecular complexity index is 486. The van der Waals surface area contributed by atoms with Gasteiger partial charge in [-0.3, -0.25) is 0 Å². The lowest BCUT2D eigenvalue weighted by atomic mass is 10.2. The fourth-order valence-electron chi connectivity index (χ4n) is 2.28. The largest absolute Gasteiger partial charge is 0.381 e. The molecule has 1 heterocycles. The van der Waals surface area contributed by atoms with Gasteiger partial charge in [0.1, 0.15) is 6.07 Å². The molecule has 0 aromatic heterocycles. The van der Waals surface area contributed by atoms with Crippen molar-refractivity contribution in [3.63, 3.8) is 0 Å². The van der Waals surface area contributed by atoms with E-state index in [1.54, 1.807) is 11.8 Å². The van der Waals surface area contributed by atoms with Gasteiger partial charge < -0.3 is 15.0 Å². The van der Waals surface area contributed by atoms with E-state index in [2.05, 4.69) is 30.3 Å². The summed E-state index contributed by atoms with van der Waals surface area (Å²) < 4.78 is 5.73. The molecule has 1 aromatic rings. The fourth-order valence-corrected chi connectivity index (χ4v) is 3.07. The van der Waals surface area contributed by atoms with E-state index < -0.39 is 0 Å². The molecule has 1 atom stereocenters. The van der Waals surface area contributed by atoms with Crippen molar-refractivity contribution in [2.45, 2.75) is 17.9 Å². The summed E-state index contributed by atoms with van der Waals surface area (Å²) in [4.78, 5) is 3.31. The molecule has 1 aliphatic rings. The molecule has 1 N–H and O–H groups in total. The first-order valence-electron chi connectivity index (χ1n) is 6.94. The van der Waals surface area contributed by atoms with E-state index in [4.69, 9.17) is 4.74 Å². The third kappa shape index (κ3) is 3.89. The molecule has 1 aliphatic heterocycles. The standard InChI is InChI=1S/C15H21N3OS/c1-3-20-15-6-4-5-14(13(15)9-16)17-10-12-11-18(2)7-8-19-12/h4-6,12,17H,3,7-8,10-11H2,1-2H3. The highest BCUT2D eigenvalue weighted by Gasteiger charge is 2.18. The van der Waals surface area contributed by atoms with Gasteiger partial charge in [0.25, 0.3) is 0 Å². The number of benzene rings is 1. The monoisotopic (exact) mass is 291 g/mol. The molecule has 1 fully saturated rings. The fraction of sp³-hybridized carbons (Fsp3) is 0.533. The quantitative estimate of drug-likeness (QED) is 0.844. The Labute approximate surface area is 125 Å². The topological polar surface area (TPSA) is 48.3 Å². The molecule has 1 aromatic carbocycles. The second-order valence-electron chi connectivity index (χ2n) is 4.86. The molecule has 1 unspecified atom stereocenters. The highest BCUT2D eigenvalue weighted by molar-refractivity contribution is 7.99. The van der Waals surface area contributed by atoms with Crippen LogP contribution in [-0.2, 0) is 4.74 Å². The smallest absolute Gasteiger partial charge is 0.102 e. The van der Waals surface area contributed by atoms with Crippen LogP contribution < -0.4 is 5.32 Å². The van der Waals surface area contributed by atoms with Crippen LogP contribution in [0.15, 0.2) is 23.1 Å². The second-order valence-corrected chi connectivity index (χ2v) is 6.17. The normalized spacial score (nSPS) is 19.6. The van der Waals surface area contributed by atoms with Crippen molar-refractivity contribution >= 4 is 17.4 Å². The van der Waals surface area contributed by atoms with Crippen LogP contribution in [0.1, 0.15) is 12.5 Å². The zero-order valence-electron chi connectivity index (χ0n) is 12.1. The maximum Gasteiger partial charge on any atom is 0.102 e. The minimum atomic E-state index is 0.183. The number of morpholine rings is 1. The van der Waals surface area contributed by atoms with Gasteiger partial charge in [-0.2, -0.15) is 5.26 Å². The van der Waals surface area contributed by atoms with Crippen molar-refractivity contribution < 1.29 is 4.74 Å². The Morgan fingerprint density at radius 3 is 3.10 bits per heavy atom. The molecule has 0 saturated carbocycles. The molecule has 1 saturated heterocycles. The van der Waals surface area contributed by atoms with Gasteiger partial charge in [-0.15, -0.1) is 11.8 Å². The van der Waals surface area contributed by atoms with Crippen LogP contribution in [0.5, 0.6) is 0 Å². The molecule has 0 aliphatic carbocycles. The Balaban J connectivity index is 2.02. The van der Waals surface area contributed by atoms with E-state index in [0.29, 0.717) is 0 Å². The molecule has 2 rings (SSSR count). The van der Waals surface area contributed by atoms with Crippen LogP contribution in [0.3, 0.4) is 0 Å². The van der Waals surface area contributed by atoms with Crippen molar-refractivity contribution in [3.8, 4) is 6.07 Å². The molecule has 5 heteroatoms. The number of hydrogen-bond acceptors (Lipinski definition) is 5. The maximum absolute atomic E-state index is 9.36. The summed E-state index contributed by atoms with van der Waals surface area (Å²) in [7, 11) is 2.11. The molecular formula is C15H21N3OS. The first-order valence-corrected chi connectivity index (χ1v) is 7.93. The third-order valence-corrected chi connectivity index (χ3v) is 4.24. The van der Waals surface area contributed by atoms with E-state index in [-0.39, 0.29) is 6.10 Å². The number of nitrogens with one attached hydrogen (secondary N) is 1. The molecule has 0 bridgehead atoms. The van der Waals surface area contributed by atoms with Crippen LogP contribution in [-0.4, -0.2) is 50.0 Å². The molecule has 108 valence electrons. The Morgan fingerprint density at radius 2 is 2.40 bits per heavy atom. The van der Waals surface area contributed by atoms with Gasteiger partial charge in [0, 0.05) is 24.5 Å². The van der Waals surface area contributed by atoms with Gasteiger partial charge in [0.2, 0.25) is 0 Å². The van der Waals surface area contributed by atoms with Crippen LogP contribution in [0, 0.1) is 11.3 Å². The molecular weight excluding hydrogens is 270 g/mol. The molecule has 0 spiro atoms. The van der Waals surface area contributed by atoms with E-state index in [0.717, 1.165) is 48.1 Å². The van der Waals surface area contributed by atoms with E-state index >= 15 is 0 Å². The Hall–Kier alpha value is -1.22. The number of hydrogen-bond donors (Lipinski definition) is 1. The van der Waals surface area contributed by atoms with Crippen LogP contribution >= 0.6 is 11.8 Å². The second kappa shape index (κ2) is 7.53. The predicted molar refractivity (Wildman–Crippen MR) is 83.3 cm³/mol. The minimum absolute atomic E-state index is 0.183. The average molecular weight is 291 g/mol. The highest BCUT2D eigenvalue weighted by Crippen LogP contribution is 2.27. The number of anilines is 1. The lowest BCUT2D eigenvalue weighted by Gasteiger charge is -2.30. The van der Waals surface area contributed by atoms with Crippen molar-refractivity contribution in [2.24, 2.45) is 0 Å². The molecule has 4 nitrogen and oxygen atoms in total. The number of nitrogens with zero attached hydrogens (tertiary/aromatic N) is 2. The van der Waals surface area contributed by atoms with Gasteiger partial charge in [0.15, 0.2) is 0 Å². The molecule has 0 amide bonds.